The average molecular weight is 247 g/mol. The summed E-state index contributed by atoms with van der Waals surface area (Å²) in [7, 11) is 0. The summed E-state index contributed by atoms with van der Waals surface area (Å²) < 4.78 is 5.57. The van der Waals surface area contributed by atoms with E-state index in [0.717, 1.165) is 12.8 Å². The molecule has 0 amide bonds. The smallest absolute Gasteiger partial charge is 0.328 e. The van der Waals surface area contributed by atoms with E-state index in [1.54, 1.807) is 12.1 Å². The fraction of sp³-hybridized carbons (Fsp3) is 0.417. The summed E-state index contributed by atoms with van der Waals surface area (Å²) in [4.78, 5) is 10.4. The van der Waals surface area contributed by atoms with Crippen LogP contribution in [0, 0.1) is 27.4 Å². The first-order valence-electron chi connectivity index (χ1n) is 5.70. The van der Waals surface area contributed by atoms with E-state index in [4.69, 9.17) is 15.7 Å². The fourth-order valence-electron chi connectivity index (χ4n) is 2.04. The van der Waals surface area contributed by atoms with Crippen molar-refractivity contribution in [2.24, 2.45) is 11.7 Å². The van der Waals surface area contributed by atoms with E-state index in [9.17, 15) is 10.1 Å². The molecule has 18 heavy (non-hydrogen) atoms. The molecule has 0 spiro atoms. The van der Waals surface area contributed by atoms with E-state index in [1.165, 1.54) is 12.1 Å². The zero-order valence-electron chi connectivity index (χ0n) is 9.70. The SMILES string of the molecule is N#Cc1cccc(OC2CC(CN)C2)c1[N+](=O)[O-]. The molecule has 0 aromatic heterocycles. The number of nitriles is 1. The maximum atomic E-state index is 11.0. The maximum Gasteiger partial charge on any atom is 0.328 e. The van der Waals surface area contributed by atoms with Crippen molar-refractivity contribution < 1.29 is 9.66 Å². The molecule has 1 aliphatic carbocycles. The highest BCUT2D eigenvalue weighted by atomic mass is 16.6. The first kappa shape index (κ1) is 12.3. The fourth-order valence-corrected chi connectivity index (χ4v) is 2.04. The van der Waals surface area contributed by atoms with Gasteiger partial charge in [-0.3, -0.25) is 10.1 Å². The Bertz CT molecular complexity index is 504. The molecule has 2 N–H and O–H groups in total. The molecule has 1 aromatic rings. The predicted molar refractivity (Wildman–Crippen MR) is 64.0 cm³/mol. The van der Waals surface area contributed by atoms with E-state index in [2.05, 4.69) is 0 Å². The summed E-state index contributed by atoms with van der Waals surface area (Å²) in [6.07, 6.45) is 1.58. The van der Waals surface area contributed by atoms with Gasteiger partial charge in [-0.1, -0.05) is 6.07 Å². The van der Waals surface area contributed by atoms with Crippen LogP contribution < -0.4 is 10.5 Å². The Morgan fingerprint density at radius 3 is 2.83 bits per heavy atom. The van der Waals surface area contributed by atoms with Gasteiger partial charge in [0, 0.05) is 0 Å². The summed E-state index contributed by atoms with van der Waals surface area (Å²) in [5.41, 5.74) is 5.27. The van der Waals surface area contributed by atoms with Gasteiger partial charge in [0.25, 0.3) is 0 Å². The van der Waals surface area contributed by atoms with Gasteiger partial charge in [-0.15, -0.1) is 0 Å². The first-order valence-corrected chi connectivity index (χ1v) is 5.70. The van der Waals surface area contributed by atoms with Crippen LogP contribution in [0.15, 0.2) is 18.2 Å². The third-order valence-electron chi connectivity index (χ3n) is 3.12. The molecular weight excluding hydrogens is 234 g/mol. The van der Waals surface area contributed by atoms with Crippen LogP contribution in [0.1, 0.15) is 18.4 Å². The molecule has 1 aromatic carbocycles. The quantitative estimate of drug-likeness (QED) is 0.642. The van der Waals surface area contributed by atoms with E-state index in [1.807, 2.05) is 0 Å². The normalized spacial score (nSPS) is 21.8. The highest BCUT2D eigenvalue weighted by Crippen LogP contribution is 2.36. The highest BCUT2D eigenvalue weighted by Gasteiger charge is 2.32. The van der Waals surface area contributed by atoms with E-state index in [-0.39, 0.29) is 23.1 Å². The van der Waals surface area contributed by atoms with Crippen molar-refractivity contribution in [3.63, 3.8) is 0 Å². The first-order chi connectivity index (χ1) is 8.65. The number of para-hydroxylation sites is 1. The summed E-state index contributed by atoms with van der Waals surface area (Å²) in [6, 6.07) is 6.32. The minimum Gasteiger partial charge on any atom is -0.483 e. The van der Waals surface area contributed by atoms with Crippen molar-refractivity contribution in [3.05, 3.63) is 33.9 Å². The maximum absolute atomic E-state index is 11.0. The number of nitro benzene ring substituents is 1. The minimum atomic E-state index is -0.576. The molecule has 1 fully saturated rings. The number of nitrogens with two attached hydrogens (primary N) is 1. The van der Waals surface area contributed by atoms with Crippen LogP contribution in [-0.4, -0.2) is 17.6 Å². The molecule has 0 aliphatic heterocycles. The minimum absolute atomic E-state index is 0.0206. The van der Waals surface area contributed by atoms with Crippen molar-refractivity contribution >= 4 is 5.69 Å². The van der Waals surface area contributed by atoms with Gasteiger partial charge in [-0.05, 0) is 37.4 Å². The second-order valence-electron chi connectivity index (χ2n) is 4.33. The van der Waals surface area contributed by atoms with Crippen LogP contribution in [0.2, 0.25) is 0 Å². The van der Waals surface area contributed by atoms with Crippen molar-refractivity contribution in [1.82, 2.24) is 0 Å². The van der Waals surface area contributed by atoms with E-state index < -0.39 is 4.92 Å². The van der Waals surface area contributed by atoms with Gasteiger partial charge in [-0.2, -0.15) is 5.26 Å². The third-order valence-corrected chi connectivity index (χ3v) is 3.12. The molecule has 0 heterocycles. The zero-order valence-corrected chi connectivity index (χ0v) is 9.70. The largest absolute Gasteiger partial charge is 0.483 e. The molecule has 0 radical (unpaired) electrons. The van der Waals surface area contributed by atoms with Gasteiger partial charge in [0.2, 0.25) is 0 Å². The molecule has 0 bridgehead atoms. The molecule has 94 valence electrons. The molecule has 6 heteroatoms. The van der Waals surface area contributed by atoms with Gasteiger partial charge in [0.15, 0.2) is 5.75 Å². The van der Waals surface area contributed by atoms with Crippen molar-refractivity contribution in [2.45, 2.75) is 18.9 Å². The molecule has 1 saturated carbocycles. The number of nitro groups is 1. The lowest BCUT2D eigenvalue weighted by molar-refractivity contribution is -0.386. The van der Waals surface area contributed by atoms with Crippen LogP contribution >= 0.6 is 0 Å². The number of rotatable bonds is 4. The Kier molecular flexibility index (Phi) is 3.44. The average Bonchev–Trinajstić information content (AvgIpc) is 2.32. The number of hydrogen-bond donors (Lipinski definition) is 1. The standard InChI is InChI=1S/C12H13N3O3/c13-6-8-4-10(5-8)18-11-3-1-2-9(7-14)12(11)15(16)17/h1-3,8,10H,4-6,13H2. The van der Waals surface area contributed by atoms with E-state index in [0.29, 0.717) is 12.5 Å². The van der Waals surface area contributed by atoms with Crippen molar-refractivity contribution in [3.8, 4) is 11.8 Å². The number of ether oxygens (including phenoxy) is 1. The summed E-state index contributed by atoms with van der Waals surface area (Å²) >= 11 is 0. The van der Waals surface area contributed by atoms with Gasteiger partial charge in [-0.25, -0.2) is 0 Å². The van der Waals surface area contributed by atoms with Crippen LogP contribution in [0.5, 0.6) is 5.75 Å². The third kappa shape index (κ3) is 2.26. The van der Waals surface area contributed by atoms with Gasteiger partial charge < -0.3 is 10.5 Å². The lowest BCUT2D eigenvalue weighted by Gasteiger charge is -2.34. The molecule has 6 nitrogen and oxygen atoms in total. The number of benzene rings is 1. The summed E-state index contributed by atoms with van der Waals surface area (Å²) in [5.74, 6) is 0.604. The Hall–Kier alpha value is -2.13. The van der Waals surface area contributed by atoms with Crippen LogP contribution in [-0.2, 0) is 0 Å². The molecule has 1 aliphatic rings. The topological polar surface area (TPSA) is 102 Å². The Morgan fingerprint density at radius 1 is 1.56 bits per heavy atom. The zero-order chi connectivity index (χ0) is 13.1. The lowest BCUT2D eigenvalue weighted by Crippen LogP contribution is -2.37. The van der Waals surface area contributed by atoms with Crippen LogP contribution in [0.25, 0.3) is 0 Å². The van der Waals surface area contributed by atoms with Gasteiger partial charge >= 0.3 is 5.69 Å². The summed E-state index contributed by atoms with van der Waals surface area (Å²) in [5, 5.41) is 19.8. The monoisotopic (exact) mass is 247 g/mol. The van der Waals surface area contributed by atoms with Gasteiger partial charge in [0.1, 0.15) is 11.6 Å². The number of nitrogens with zero attached hydrogens (tertiary/aromatic N) is 2. The number of hydrogen-bond acceptors (Lipinski definition) is 5. The molecule has 0 saturated heterocycles. The Labute approximate surface area is 104 Å². The Morgan fingerprint density at radius 2 is 2.28 bits per heavy atom. The van der Waals surface area contributed by atoms with Gasteiger partial charge in [0.05, 0.1) is 11.0 Å². The Balaban J connectivity index is 2.18. The lowest BCUT2D eigenvalue weighted by atomic mass is 9.82. The van der Waals surface area contributed by atoms with Crippen LogP contribution in [0.3, 0.4) is 0 Å². The predicted octanol–water partition coefficient (Wildman–Crippen LogP) is 1.58. The molecule has 0 unspecified atom stereocenters. The van der Waals surface area contributed by atoms with Crippen LogP contribution in [0.4, 0.5) is 5.69 Å². The molecular formula is C12H13N3O3. The highest BCUT2D eigenvalue weighted by molar-refractivity contribution is 5.58. The second kappa shape index (κ2) is 5.02. The second-order valence-corrected chi connectivity index (χ2v) is 4.33. The molecule has 2 rings (SSSR count). The van der Waals surface area contributed by atoms with E-state index >= 15 is 0 Å². The van der Waals surface area contributed by atoms with Crippen molar-refractivity contribution in [2.75, 3.05) is 6.54 Å². The molecule has 0 atom stereocenters. The van der Waals surface area contributed by atoms with Crippen molar-refractivity contribution in [1.29, 1.82) is 5.26 Å². The summed E-state index contributed by atoms with van der Waals surface area (Å²) in [6.45, 7) is 0.611.